The van der Waals surface area contributed by atoms with Crippen LogP contribution in [-0.2, 0) is 6.54 Å². The Morgan fingerprint density at radius 2 is 2.21 bits per heavy atom. The van der Waals surface area contributed by atoms with Crippen molar-refractivity contribution < 1.29 is 0 Å². The monoisotopic (exact) mass is 261 g/mol. The summed E-state index contributed by atoms with van der Waals surface area (Å²) in [6.45, 7) is 9.76. The first-order chi connectivity index (χ1) is 9.20. The summed E-state index contributed by atoms with van der Waals surface area (Å²) < 4.78 is 0. The third-order valence-corrected chi connectivity index (χ3v) is 3.62. The first-order valence-corrected chi connectivity index (χ1v) is 7.63. The molecule has 0 saturated heterocycles. The van der Waals surface area contributed by atoms with Gasteiger partial charge in [-0.2, -0.15) is 0 Å². The Morgan fingerprint density at radius 1 is 1.42 bits per heavy atom. The van der Waals surface area contributed by atoms with Crippen LogP contribution < -0.4 is 10.2 Å². The summed E-state index contributed by atoms with van der Waals surface area (Å²) in [6.07, 6.45) is 5.92. The Morgan fingerprint density at radius 3 is 2.84 bits per heavy atom. The highest BCUT2D eigenvalue weighted by Gasteiger charge is 2.29. The maximum atomic E-state index is 4.45. The zero-order chi connectivity index (χ0) is 13.7. The molecule has 0 atom stereocenters. The fraction of sp³-hybridized carbons (Fsp3) is 0.688. The minimum absolute atomic E-state index is 0.768. The van der Waals surface area contributed by atoms with Gasteiger partial charge in [0.1, 0.15) is 0 Å². The second-order valence-corrected chi connectivity index (χ2v) is 5.89. The Hall–Kier alpha value is -1.09. The minimum Gasteiger partial charge on any atom is -0.368 e. The smallest absolute Gasteiger partial charge is 0.0562 e. The summed E-state index contributed by atoms with van der Waals surface area (Å²) in [4.78, 5) is 7.03. The van der Waals surface area contributed by atoms with Crippen molar-refractivity contribution in [2.24, 2.45) is 5.92 Å². The van der Waals surface area contributed by atoms with E-state index in [0.717, 1.165) is 30.7 Å². The summed E-state index contributed by atoms with van der Waals surface area (Å²) in [5, 5.41) is 3.34. The fourth-order valence-electron chi connectivity index (χ4n) is 2.30. The SMILES string of the molecule is CCNCc1cc(N(CCC(C)C)C2CC2)ccn1. The van der Waals surface area contributed by atoms with Crippen molar-refractivity contribution in [2.75, 3.05) is 18.0 Å². The van der Waals surface area contributed by atoms with Gasteiger partial charge >= 0.3 is 0 Å². The molecule has 1 aromatic heterocycles. The van der Waals surface area contributed by atoms with Gasteiger partial charge in [0, 0.05) is 31.0 Å². The number of pyridine rings is 1. The van der Waals surface area contributed by atoms with Crippen LogP contribution in [0.3, 0.4) is 0 Å². The fourth-order valence-corrected chi connectivity index (χ4v) is 2.30. The molecule has 3 nitrogen and oxygen atoms in total. The van der Waals surface area contributed by atoms with E-state index in [9.17, 15) is 0 Å². The summed E-state index contributed by atoms with van der Waals surface area (Å²) in [7, 11) is 0. The van der Waals surface area contributed by atoms with Gasteiger partial charge in [-0.25, -0.2) is 0 Å². The molecule has 3 heteroatoms. The molecule has 1 fully saturated rings. The zero-order valence-corrected chi connectivity index (χ0v) is 12.5. The molecule has 1 N–H and O–H groups in total. The Labute approximate surface area is 117 Å². The summed E-state index contributed by atoms with van der Waals surface area (Å²) in [5.41, 5.74) is 2.50. The van der Waals surface area contributed by atoms with E-state index in [0.29, 0.717) is 0 Å². The Kier molecular flexibility index (Phi) is 5.20. The average molecular weight is 261 g/mol. The molecule has 0 amide bonds. The van der Waals surface area contributed by atoms with Crippen molar-refractivity contribution in [2.45, 2.75) is 52.6 Å². The molecular formula is C16H27N3. The van der Waals surface area contributed by atoms with Gasteiger partial charge in [-0.1, -0.05) is 20.8 Å². The maximum Gasteiger partial charge on any atom is 0.0562 e. The van der Waals surface area contributed by atoms with Crippen LogP contribution >= 0.6 is 0 Å². The van der Waals surface area contributed by atoms with Crippen LogP contribution in [0.4, 0.5) is 5.69 Å². The summed E-state index contributed by atoms with van der Waals surface area (Å²) in [6, 6.07) is 5.18. The van der Waals surface area contributed by atoms with E-state index in [-0.39, 0.29) is 0 Å². The van der Waals surface area contributed by atoms with Crippen LogP contribution in [0.25, 0.3) is 0 Å². The highest BCUT2D eigenvalue weighted by Crippen LogP contribution is 2.32. The molecule has 1 saturated carbocycles. The molecule has 106 valence electrons. The van der Waals surface area contributed by atoms with Crippen molar-refractivity contribution in [1.82, 2.24) is 10.3 Å². The molecule has 2 rings (SSSR count). The lowest BCUT2D eigenvalue weighted by Gasteiger charge is -2.26. The predicted molar refractivity (Wildman–Crippen MR) is 81.4 cm³/mol. The van der Waals surface area contributed by atoms with Gasteiger partial charge in [0.2, 0.25) is 0 Å². The van der Waals surface area contributed by atoms with Crippen molar-refractivity contribution in [3.8, 4) is 0 Å². The summed E-state index contributed by atoms with van der Waals surface area (Å²) >= 11 is 0. The molecular weight excluding hydrogens is 234 g/mol. The second-order valence-electron chi connectivity index (χ2n) is 5.89. The molecule has 1 aliphatic carbocycles. The molecule has 0 bridgehead atoms. The van der Waals surface area contributed by atoms with Gasteiger partial charge in [-0.05, 0) is 43.9 Å². The van der Waals surface area contributed by atoms with Crippen LogP contribution in [0.1, 0.15) is 45.7 Å². The maximum absolute atomic E-state index is 4.45. The van der Waals surface area contributed by atoms with Crippen LogP contribution in [0.15, 0.2) is 18.3 Å². The quantitative estimate of drug-likeness (QED) is 0.779. The molecule has 0 radical (unpaired) electrons. The van der Waals surface area contributed by atoms with Gasteiger partial charge in [0.25, 0.3) is 0 Å². The van der Waals surface area contributed by atoms with Gasteiger partial charge < -0.3 is 10.2 Å². The molecule has 0 aliphatic heterocycles. The van der Waals surface area contributed by atoms with Gasteiger partial charge in [0.15, 0.2) is 0 Å². The highest BCUT2D eigenvalue weighted by atomic mass is 15.2. The molecule has 0 spiro atoms. The van der Waals surface area contributed by atoms with E-state index in [2.05, 4.69) is 48.1 Å². The number of nitrogens with zero attached hydrogens (tertiary/aromatic N) is 2. The van der Waals surface area contributed by atoms with Crippen molar-refractivity contribution in [3.63, 3.8) is 0 Å². The number of nitrogens with one attached hydrogen (secondary N) is 1. The van der Waals surface area contributed by atoms with Crippen molar-refractivity contribution >= 4 is 5.69 Å². The first-order valence-electron chi connectivity index (χ1n) is 7.63. The summed E-state index contributed by atoms with van der Waals surface area (Å²) in [5.74, 6) is 0.768. The Bertz CT molecular complexity index is 385. The molecule has 1 aliphatic rings. The van der Waals surface area contributed by atoms with E-state index >= 15 is 0 Å². The number of anilines is 1. The Balaban J connectivity index is 2.03. The van der Waals surface area contributed by atoms with Crippen molar-refractivity contribution in [1.29, 1.82) is 0 Å². The molecule has 0 unspecified atom stereocenters. The lowest BCUT2D eigenvalue weighted by molar-refractivity contribution is 0.570. The van der Waals surface area contributed by atoms with Gasteiger partial charge in [-0.3, -0.25) is 4.98 Å². The number of hydrogen-bond acceptors (Lipinski definition) is 3. The van der Waals surface area contributed by atoms with E-state index in [1.54, 1.807) is 0 Å². The van der Waals surface area contributed by atoms with Crippen LogP contribution in [0.5, 0.6) is 0 Å². The largest absolute Gasteiger partial charge is 0.368 e. The molecule has 1 heterocycles. The minimum atomic E-state index is 0.768. The molecule has 1 aromatic rings. The third-order valence-electron chi connectivity index (χ3n) is 3.62. The number of hydrogen-bond donors (Lipinski definition) is 1. The van der Waals surface area contributed by atoms with Gasteiger partial charge in [-0.15, -0.1) is 0 Å². The van der Waals surface area contributed by atoms with E-state index in [1.807, 2.05) is 6.20 Å². The van der Waals surface area contributed by atoms with Crippen LogP contribution in [-0.4, -0.2) is 24.1 Å². The first kappa shape index (κ1) is 14.3. The van der Waals surface area contributed by atoms with Crippen LogP contribution in [0, 0.1) is 5.92 Å². The standard InChI is InChI=1S/C16H27N3/c1-4-17-12-14-11-16(7-9-18-14)19(15-5-6-15)10-8-13(2)3/h7,9,11,13,15,17H,4-6,8,10,12H2,1-3H3. The van der Waals surface area contributed by atoms with Crippen LogP contribution in [0.2, 0.25) is 0 Å². The van der Waals surface area contributed by atoms with E-state index in [4.69, 9.17) is 0 Å². The normalized spacial score (nSPS) is 14.9. The van der Waals surface area contributed by atoms with E-state index < -0.39 is 0 Å². The third kappa shape index (κ3) is 4.50. The topological polar surface area (TPSA) is 28.2 Å². The lowest BCUT2D eigenvalue weighted by Crippen LogP contribution is -2.28. The number of aromatic nitrogens is 1. The molecule has 19 heavy (non-hydrogen) atoms. The average Bonchev–Trinajstić information content (AvgIpc) is 3.21. The number of rotatable bonds is 8. The predicted octanol–water partition coefficient (Wildman–Crippen LogP) is 3.21. The van der Waals surface area contributed by atoms with Gasteiger partial charge in [0.05, 0.1) is 5.69 Å². The zero-order valence-electron chi connectivity index (χ0n) is 12.5. The van der Waals surface area contributed by atoms with E-state index in [1.165, 1.54) is 31.5 Å². The molecule has 0 aromatic carbocycles. The second kappa shape index (κ2) is 6.90. The highest BCUT2D eigenvalue weighted by molar-refractivity contribution is 5.48. The lowest BCUT2D eigenvalue weighted by atomic mass is 10.1. The van der Waals surface area contributed by atoms with Crippen molar-refractivity contribution in [3.05, 3.63) is 24.0 Å².